The Morgan fingerprint density at radius 3 is 2.70 bits per heavy atom. The molecule has 0 radical (unpaired) electrons. The van der Waals surface area contributed by atoms with E-state index in [4.69, 9.17) is 11.6 Å². The lowest BCUT2D eigenvalue weighted by Crippen LogP contribution is -2.19. The summed E-state index contributed by atoms with van der Waals surface area (Å²) in [4.78, 5) is 9.63. The van der Waals surface area contributed by atoms with Crippen molar-refractivity contribution in [3.63, 3.8) is 0 Å². The van der Waals surface area contributed by atoms with Gasteiger partial charge in [0.2, 0.25) is 0 Å². The number of hydrogen-bond donors (Lipinski definition) is 1. The van der Waals surface area contributed by atoms with Crippen molar-refractivity contribution in [1.29, 1.82) is 0 Å². The highest BCUT2D eigenvalue weighted by Crippen LogP contribution is 2.29. The van der Waals surface area contributed by atoms with Gasteiger partial charge in [0.1, 0.15) is 0 Å². The molecule has 0 aliphatic heterocycles. The SMILES string of the molecule is CC(C)CNCc1cc(Cl)ccc1Sc1ncccn1. The van der Waals surface area contributed by atoms with E-state index >= 15 is 0 Å². The molecular weight excluding hydrogens is 290 g/mol. The van der Waals surface area contributed by atoms with E-state index in [1.165, 1.54) is 5.56 Å². The van der Waals surface area contributed by atoms with Crippen molar-refractivity contribution in [3.05, 3.63) is 47.2 Å². The van der Waals surface area contributed by atoms with E-state index in [1.54, 1.807) is 24.2 Å². The molecule has 1 heterocycles. The van der Waals surface area contributed by atoms with Gasteiger partial charge in [0.15, 0.2) is 5.16 Å². The summed E-state index contributed by atoms with van der Waals surface area (Å²) in [5, 5.41) is 4.95. The van der Waals surface area contributed by atoms with Crippen molar-refractivity contribution in [1.82, 2.24) is 15.3 Å². The Morgan fingerprint density at radius 2 is 2.00 bits per heavy atom. The molecular formula is C15H18ClN3S. The highest BCUT2D eigenvalue weighted by molar-refractivity contribution is 7.99. The Labute approximate surface area is 129 Å². The van der Waals surface area contributed by atoms with Crippen LogP contribution in [-0.2, 0) is 6.54 Å². The molecule has 1 aromatic carbocycles. The van der Waals surface area contributed by atoms with Crippen LogP contribution in [0, 0.1) is 5.92 Å². The van der Waals surface area contributed by atoms with Gasteiger partial charge in [-0.3, -0.25) is 0 Å². The van der Waals surface area contributed by atoms with Gasteiger partial charge in [-0.05, 0) is 54.1 Å². The molecule has 1 N–H and O–H groups in total. The minimum absolute atomic E-state index is 0.628. The Balaban J connectivity index is 2.11. The molecule has 106 valence electrons. The predicted molar refractivity (Wildman–Crippen MR) is 84.2 cm³/mol. The molecule has 0 saturated carbocycles. The van der Waals surface area contributed by atoms with Crippen molar-refractivity contribution >= 4 is 23.4 Å². The van der Waals surface area contributed by atoms with Crippen molar-refractivity contribution < 1.29 is 0 Å². The first-order chi connectivity index (χ1) is 9.65. The van der Waals surface area contributed by atoms with E-state index in [0.29, 0.717) is 5.92 Å². The minimum atomic E-state index is 0.628. The molecule has 0 bridgehead atoms. The molecule has 3 nitrogen and oxygen atoms in total. The molecule has 0 aliphatic rings. The number of rotatable bonds is 6. The van der Waals surface area contributed by atoms with Crippen LogP contribution in [0.2, 0.25) is 5.02 Å². The van der Waals surface area contributed by atoms with Crippen LogP contribution in [0.3, 0.4) is 0 Å². The Bertz CT molecular complexity index is 546. The van der Waals surface area contributed by atoms with Crippen molar-refractivity contribution in [2.45, 2.75) is 30.4 Å². The molecule has 0 unspecified atom stereocenters. The maximum Gasteiger partial charge on any atom is 0.192 e. The summed E-state index contributed by atoms with van der Waals surface area (Å²) >= 11 is 7.65. The molecule has 0 atom stereocenters. The number of hydrogen-bond acceptors (Lipinski definition) is 4. The number of halogens is 1. The zero-order chi connectivity index (χ0) is 14.4. The van der Waals surface area contributed by atoms with Crippen molar-refractivity contribution in [2.24, 2.45) is 5.92 Å². The first-order valence-corrected chi connectivity index (χ1v) is 7.78. The summed E-state index contributed by atoms with van der Waals surface area (Å²) in [5.74, 6) is 0.628. The van der Waals surface area contributed by atoms with Crippen molar-refractivity contribution in [2.75, 3.05) is 6.54 Å². The van der Waals surface area contributed by atoms with Crippen LogP contribution in [-0.4, -0.2) is 16.5 Å². The number of benzene rings is 1. The van der Waals surface area contributed by atoms with Gasteiger partial charge in [-0.15, -0.1) is 0 Å². The molecule has 0 fully saturated rings. The molecule has 1 aromatic heterocycles. The van der Waals surface area contributed by atoms with Gasteiger partial charge >= 0.3 is 0 Å². The molecule has 20 heavy (non-hydrogen) atoms. The number of nitrogens with zero attached hydrogens (tertiary/aromatic N) is 2. The minimum Gasteiger partial charge on any atom is -0.312 e. The van der Waals surface area contributed by atoms with Gasteiger partial charge in [-0.1, -0.05) is 25.4 Å². The molecule has 2 rings (SSSR count). The normalized spacial score (nSPS) is 11.0. The average Bonchev–Trinajstić information content (AvgIpc) is 2.42. The van der Waals surface area contributed by atoms with Gasteiger partial charge in [0.25, 0.3) is 0 Å². The van der Waals surface area contributed by atoms with Crippen LogP contribution >= 0.6 is 23.4 Å². The second-order valence-corrected chi connectivity index (χ2v) is 6.36. The highest BCUT2D eigenvalue weighted by Gasteiger charge is 2.07. The van der Waals surface area contributed by atoms with E-state index in [9.17, 15) is 0 Å². The van der Waals surface area contributed by atoms with Crippen LogP contribution in [0.4, 0.5) is 0 Å². The van der Waals surface area contributed by atoms with Crippen LogP contribution in [0.5, 0.6) is 0 Å². The lowest BCUT2D eigenvalue weighted by Gasteiger charge is -2.11. The van der Waals surface area contributed by atoms with Crippen LogP contribution in [0.25, 0.3) is 0 Å². The monoisotopic (exact) mass is 307 g/mol. The van der Waals surface area contributed by atoms with E-state index in [0.717, 1.165) is 28.2 Å². The van der Waals surface area contributed by atoms with E-state index in [1.807, 2.05) is 24.3 Å². The molecule has 0 saturated heterocycles. The average molecular weight is 308 g/mol. The van der Waals surface area contributed by atoms with Gasteiger partial charge in [-0.25, -0.2) is 9.97 Å². The predicted octanol–water partition coefficient (Wildman–Crippen LogP) is 4.03. The van der Waals surface area contributed by atoms with Crippen LogP contribution < -0.4 is 5.32 Å². The van der Waals surface area contributed by atoms with Gasteiger partial charge in [-0.2, -0.15) is 0 Å². The maximum absolute atomic E-state index is 6.09. The fourth-order valence-corrected chi connectivity index (χ4v) is 2.73. The van der Waals surface area contributed by atoms with Gasteiger partial charge in [0, 0.05) is 28.9 Å². The standard InChI is InChI=1S/C15H18ClN3S/c1-11(2)9-17-10-12-8-13(16)4-5-14(12)20-15-18-6-3-7-19-15/h3-8,11,17H,9-10H2,1-2H3. The summed E-state index contributed by atoms with van der Waals surface area (Å²) in [5.41, 5.74) is 1.18. The van der Waals surface area contributed by atoms with Crippen molar-refractivity contribution in [3.8, 4) is 0 Å². The zero-order valence-electron chi connectivity index (χ0n) is 11.6. The largest absolute Gasteiger partial charge is 0.312 e. The third-order valence-electron chi connectivity index (χ3n) is 2.63. The Kier molecular flexibility index (Phi) is 5.83. The third kappa shape index (κ3) is 4.78. The summed E-state index contributed by atoms with van der Waals surface area (Å²) in [6.07, 6.45) is 3.50. The highest BCUT2D eigenvalue weighted by atomic mass is 35.5. The van der Waals surface area contributed by atoms with Crippen LogP contribution in [0.15, 0.2) is 46.7 Å². The second-order valence-electron chi connectivity index (χ2n) is 4.91. The second kappa shape index (κ2) is 7.62. The molecule has 0 aliphatic carbocycles. The molecule has 0 spiro atoms. The molecule has 0 amide bonds. The molecule has 5 heteroatoms. The topological polar surface area (TPSA) is 37.8 Å². The van der Waals surface area contributed by atoms with E-state index in [-0.39, 0.29) is 0 Å². The fourth-order valence-electron chi connectivity index (χ4n) is 1.72. The third-order valence-corrected chi connectivity index (χ3v) is 3.88. The first kappa shape index (κ1) is 15.3. The Morgan fingerprint density at radius 1 is 1.25 bits per heavy atom. The van der Waals surface area contributed by atoms with E-state index in [2.05, 4.69) is 29.1 Å². The summed E-state index contributed by atoms with van der Waals surface area (Å²) in [6.45, 7) is 6.17. The van der Waals surface area contributed by atoms with Crippen LogP contribution in [0.1, 0.15) is 19.4 Å². The lowest BCUT2D eigenvalue weighted by molar-refractivity contribution is 0.550. The van der Waals surface area contributed by atoms with Gasteiger partial charge < -0.3 is 5.32 Å². The maximum atomic E-state index is 6.09. The fraction of sp³-hybridized carbons (Fsp3) is 0.333. The summed E-state index contributed by atoms with van der Waals surface area (Å²) in [6, 6.07) is 7.74. The number of aromatic nitrogens is 2. The number of nitrogens with one attached hydrogen (secondary N) is 1. The zero-order valence-corrected chi connectivity index (χ0v) is 13.2. The summed E-state index contributed by atoms with van der Waals surface area (Å²) in [7, 11) is 0. The quantitative estimate of drug-likeness (QED) is 0.818. The molecule has 2 aromatic rings. The summed E-state index contributed by atoms with van der Waals surface area (Å²) < 4.78 is 0. The Hall–Kier alpha value is -1.10. The smallest absolute Gasteiger partial charge is 0.192 e. The van der Waals surface area contributed by atoms with Gasteiger partial charge in [0.05, 0.1) is 0 Å². The van der Waals surface area contributed by atoms with E-state index < -0.39 is 0 Å². The first-order valence-electron chi connectivity index (χ1n) is 6.59. The lowest BCUT2D eigenvalue weighted by atomic mass is 10.2.